The fraction of sp³-hybridized carbons (Fsp3) is 0.0667. The molecule has 3 heterocycles. The lowest BCUT2D eigenvalue weighted by Gasteiger charge is -2.02. The first kappa shape index (κ1) is 13.0. The summed E-state index contributed by atoms with van der Waals surface area (Å²) in [5.74, 6) is 0.422. The van der Waals surface area contributed by atoms with Gasteiger partial charge in [0.15, 0.2) is 5.82 Å². The first-order valence-electron chi connectivity index (χ1n) is 6.43. The van der Waals surface area contributed by atoms with E-state index in [0.717, 1.165) is 5.69 Å². The van der Waals surface area contributed by atoms with Gasteiger partial charge in [-0.1, -0.05) is 12.1 Å². The highest BCUT2D eigenvalue weighted by molar-refractivity contribution is 6.02. The van der Waals surface area contributed by atoms with Crippen LogP contribution < -0.4 is 5.32 Å². The molecule has 104 valence electrons. The summed E-state index contributed by atoms with van der Waals surface area (Å²) in [5.41, 5.74) is 1.77. The van der Waals surface area contributed by atoms with E-state index < -0.39 is 0 Å². The molecule has 0 atom stereocenters. The number of anilines is 1. The summed E-state index contributed by atoms with van der Waals surface area (Å²) in [4.78, 5) is 20.5. The molecule has 6 heteroatoms. The van der Waals surface area contributed by atoms with Crippen molar-refractivity contribution in [2.45, 2.75) is 6.92 Å². The molecule has 0 aliphatic rings. The summed E-state index contributed by atoms with van der Waals surface area (Å²) in [5, 5.41) is 6.93. The molecule has 0 saturated carbocycles. The molecule has 0 bridgehead atoms. The number of carbonyl (C=O) groups is 1. The third-order valence-corrected chi connectivity index (χ3v) is 2.85. The van der Waals surface area contributed by atoms with Crippen molar-refractivity contribution in [1.29, 1.82) is 0 Å². The van der Waals surface area contributed by atoms with Gasteiger partial charge in [-0.05, 0) is 31.2 Å². The standard InChI is InChI=1S/C15H13N5O/c1-11-5-4-6-13(18-11)15(21)19-12-9-17-20(10-12)14-7-2-3-8-16-14/h2-10H,1H3,(H,19,21). The predicted molar refractivity (Wildman–Crippen MR) is 78.3 cm³/mol. The molecule has 21 heavy (non-hydrogen) atoms. The summed E-state index contributed by atoms with van der Waals surface area (Å²) < 4.78 is 1.60. The lowest BCUT2D eigenvalue weighted by atomic mass is 10.3. The van der Waals surface area contributed by atoms with E-state index in [1.54, 1.807) is 35.4 Å². The quantitative estimate of drug-likeness (QED) is 0.798. The molecular formula is C15H13N5O. The molecule has 0 saturated heterocycles. The van der Waals surface area contributed by atoms with E-state index in [0.29, 0.717) is 17.2 Å². The second-order valence-corrected chi connectivity index (χ2v) is 4.48. The molecule has 0 spiro atoms. The van der Waals surface area contributed by atoms with Gasteiger partial charge in [0.2, 0.25) is 0 Å². The van der Waals surface area contributed by atoms with E-state index in [1.807, 2.05) is 31.2 Å². The van der Waals surface area contributed by atoms with Gasteiger partial charge in [0, 0.05) is 11.9 Å². The van der Waals surface area contributed by atoms with E-state index in [-0.39, 0.29) is 5.91 Å². The van der Waals surface area contributed by atoms with E-state index >= 15 is 0 Å². The summed E-state index contributed by atoms with van der Waals surface area (Å²) >= 11 is 0. The number of pyridine rings is 2. The van der Waals surface area contributed by atoms with Gasteiger partial charge in [-0.25, -0.2) is 14.6 Å². The predicted octanol–water partition coefficient (Wildman–Crippen LogP) is 2.22. The largest absolute Gasteiger partial charge is 0.318 e. The molecule has 6 nitrogen and oxygen atoms in total. The highest BCUT2D eigenvalue weighted by Gasteiger charge is 2.09. The number of amides is 1. The maximum Gasteiger partial charge on any atom is 0.274 e. The minimum absolute atomic E-state index is 0.265. The minimum atomic E-state index is -0.265. The number of rotatable bonds is 3. The van der Waals surface area contributed by atoms with Crippen molar-refractivity contribution in [3.8, 4) is 5.82 Å². The summed E-state index contributed by atoms with van der Waals surface area (Å²) in [6, 6.07) is 10.9. The van der Waals surface area contributed by atoms with Gasteiger partial charge in [0.1, 0.15) is 5.69 Å². The van der Waals surface area contributed by atoms with Crippen LogP contribution in [0.5, 0.6) is 0 Å². The van der Waals surface area contributed by atoms with Crippen LogP contribution in [0.25, 0.3) is 5.82 Å². The van der Waals surface area contributed by atoms with Crippen molar-refractivity contribution in [3.05, 3.63) is 66.4 Å². The Morgan fingerprint density at radius 2 is 2.10 bits per heavy atom. The number of aromatic nitrogens is 4. The van der Waals surface area contributed by atoms with Crippen LogP contribution in [-0.4, -0.2) is 25.7 Å². The van der Waals surface area contributed by atoms with E-state index in [2.05, 4.69) is 20.4 Å². The maximum absolute atomic E-state index is 12.1. The number of aryl methyl sites for hydroxylation is 1. The Hall–Kier alpha value is -3.02. The number of carbonyl (C=O) groups excluding carboxylic acids is 1. The van der Waals surface area contributed by atoms with Gasteiger partial charge < -0.3 is 5.32 Å². The molecule has 3 rings (SSSR count). The second kappa shape index (κ2) is 5.54. The number of hydrogen-bond acceptors (Lipinski definition) is 4. The number of hydrogen-bond donors (Lipinski definition) is 1. The van der Waals surface area contributed by atoms with Gasteiger partial charge in [-0.15, -0.1) is 0 Å². The number of nitrogens with zero attached hydrogens (tertiary/aromatic N) is 4. The summed E-state index contributed by atoms with van der Waals surface area (Å²) in [6.45, 7) is 1.84. The fourth-order valence-corrected chi connectivity index (χ4v) is 1.87. The Bertz CT molecular complexity index is 766. The van der Waals surface area contributed by atoms with Gasteiger partial charge in [-0.3, -0.25) is 4.79 Å². The Morgan fingerprint density at radius 1 is 1.19 bits per heavy atom. The molecule has 0 aliphatic heterocycles. The topological polar surface area (TPSA) is 72.7 Å². The fourth-order valence-electron chi connectivity index (χ4n) is 1.87. The smallest absolute Gasteiger partial charge is 0.274 e. The van der Waals surface area contributed by atoms with E-state index in [9.17, 15) is 4.79 Å². The zero-order valence-electron chi connectivity index (χ0n) is 11.4. The van der Waals surface area contributed by atoms with Crippen LogP contribution in [-0.2, 0) is 0 Å². The van der Waals surface area contributed by atoms with Crippen LogP contribution in [0, 0.1) is 6.92 Å². The SMILES string of the molecule is Cc1cccc(C(=O)Nc2cnn(-c3ccccn3)c2)n1. The van der Waals surface area contributed by atoms with Crippen molar-refractivity contribution in [2.24, 2.45) is 0 Å². The monoisotopic (exact) mass is 279 g/mol. The zero-order valence-corrected chi connectivity index (χ0v) is 11.4. The van der Waals surface area contributed by atoms with Crippen LogP contribution in [0.3, 0.4) is 0 Å². The molecule has 0 fully saturated rings. The molecule has 0 aromatic carbocycles. The van der Waals surface area contributed by atoms with Crippen molar-refractivity contribution in [2.75, 3.05) is 5.32 Å². The van der Waals surface area contributed by atoms with Crippen LogP contribution in [0.4, 0.5) is 5.69 Å². The molecule has 0 aliphatic carbocycles. The first-order valence-corrected chi connectivity index (χ1v) is 6.43. The van der Waals surface area contributed by atoms with Crippen LogP contribution in [0.15, 0.2) is 55.0 Å². The van der Waals surface area contributed by atoms with Gasteiger partial charge in [0.05, 0.1) is 18.1 Å². The average molecular weight is 279 g/mol. The zero-order chi connectivity index (χ0) is 14.7. The summed E-state index contributed by atoms with van der Waals surface area (Å²) in [6.07, 6.45) is 4.96. The second-order valence-electron chi connectivity index (χ2n) is 4.48. The third kappa shape index (κ3) is 2.94. The molecule has 1 amide bonds. The van der Waals surface area contributed by atoms with Crippen LogP contribution >= 0.6 is 0 Å². The molecule has 3 aromatic heterocycles. The molecule has 3 aromatic rings. The van der Waals surface area contributed by atoms with Crippen LogP contribution in [0.1, 0.15) is 16.2 Å². The van der Waals surface area contributed by atoms with E-state index in [1.165, 1.54) is 0 Å². The lowest BCUT2D eigenvalue weighted by molar-refractivity contribution is 0.102. The number of nitrogens with one attached hydrogen (secondary N) is 1. The van der Waals surface area contributed by atoms with E-state index in [4.69, 9.17) is 0 Å². The van der Waals surface area contributed by atoms with Gasteiger partial charge in [-0.2, -0.15) is 5.10 Å². The Kier molecular flexibility index (Phi) is 3.42. The maximum atomic E-state index is 12.1. The molecule has 0 radical (unpaired) electrons. The van der Waals surface area contributed by atoms with Crippen molar-refractivity contribution in [1.82, 2.24) is 19.7 Å². The molecule has 0 unspecified atom stereocenters. The summed E-state index contributed by atoms with van der Waals surface area (Å²) in [7, 11) is 0. The van der Waals surface area contributed by atoms with Crippen LogP contribution in [0.2, 0.25) is 0 Å². The van der Waals surface area contributed by atoms with Gasteiger partial charge >= 0.3 is 0 Å². The Labute approximate surface area is 121 Å². The highest BCUT2D eigenvalue weighted by Crippen LogP contribution is 2.10. The van der Waals surface area contributed by atoms with Crippen molar-refractivity contribution < 1.29 is 4.79 Å². The minimum Gasteiger partial charge on any atom is -0.318 e. The van der Waals surface area contributed by atoms with Crippen molar-refractivity contribution in [3.63, 3.8) is 0 Å². The van der Waals surface area contributed by atoms with Crippen molar-refractivity contribution >= 4 is 11.6 Å². The lowest BCUT2D eigenvalue weighted by Crippen LogP contribution is -2.13. The van der Waals surface area contributed by atoms with Gasteiger partial charge in [0.25, 0.3) is 5.91 Å². The Balaban J connectivity index is 1.77. The molecular weight excluding hydrogens is 266 g/mol. The Morgan fingerprint density at radius 3 is 2.86 bits per heavy atom. The first-order chi connectivity index (χ1) is 10.2. The average Bonchev–Trinajstić information content (AvgIpc) is 2.97. The molecule has 1 N–H and O–H groups in total. The third-order valence-electron chi connectivity index (χ3n) is 2.85. The highest BCUT2D eigenvalue weighted by atomic mass is 16.1. The normalized spacial score (nSPS) is 10.3.